The summed E-state index contributed by atoms with van der Waals surface area (Å²) < 4.78 is 5.28. The van der Waals surface area contributed by atoms with Crippen molar-refractivity contribution in [1.29, 1.82) is 0 Å². The third kappa shape index (κ3) is 4.48. The average molecular weight is 258 g/mol. The summed E-state index contributed by atoms with van der Waals surface area (Å²) in [6.45, 7) is 5.52. The SMILES string of the molecule is OC(CNCC1CCCC1O)CN1CCOCC1. The maximum absolute atomic E-state index is 9.93. The van der Waals surface area contributed by atoms with Gasteiger partial charge in [0.1, 0.15) is 0 Å². The van der Waals surface area contributed by atoms with Gasteiger partial charge in [0.05, 0.1) is 25.4 Å². The maximum atomic E-state index is 9.93. The molecule has 2 rings (SSSR count). The molecule has 3 atom stereocenters. The first-order valence-corrected chi connectivity index (χ1v) is 7.12. The molecule has 0 amide bonds. The van der Waals surface area contributed by atoms with Gasteiger partial charge in [0, 0.05) is 32.7 Å². The molecule has 0 aromatic heterocycles. The second-order valence-electron chi connectivity index (χ2n) is 5.48. The highest BCUT2D eigenvalue weighted by Gasteiger charge is 2.24. The molecule has 1 aliphatic heterocycles. The van der Waals surface area contributed by atoms with Crippen LogP contribution in [0, 0.1) is 5.92 Å². The van der Waals surface area contributed by atoms with Crippen LogP contribution in [0.2, 0.25) is 0 Å². The second-order valence-corrected chi connectivity index (χ2v) is 5.48. The Morgan fingerprint density at radius 2 is 2.06 bits per heavy atom. The highest BCUT2D eigenvalue weighted by atomic mass is 16.5. The minimum absolute atomic E-state index is 0.145. The summed E-state index contributed by atoms with van der Waals surface area (Å²) in [7, 11) is 0. The third-order valence-electron chi connectivity index (χ3n) is 3.98. The van der Waals surface area contributed by atoms with Gasteiger partial charge < -0.3 is 20.3 Å². The number of hydrogen-bond acceptors (Lipinski definition) is 5. The summed E-state index contributed by atoms with van der Waals surface area (Å²) in [4.78, 5) is 2.24. The van der Waals surface area contributed by atoms with Crippen LogP contribution in [-0.2, 0) is 4.74 Å². The lowest BCUT2D eigenvalue weighted by atomic mass is 10.1. The Kier molecular flexibility index (Phi) is 5.85. The maximum Gasteiger partial charge on any atom is 0.0791 e. The van der Waals surface area contributed by atoms with Crippen molar-refractivity contribution in [2.45, 2.75) is 31.5 Å². The zero-order valence-corrected chi connectivity index (χ0v) is 11.1. The highest BCUT2D eigenvalue weighted by Crippen LogP contribution is 2.24. The predicted octanol–water partition coefficient (Wildman–Crippen LogP) is -0.570. The van der Waals surface area contributed by atoms with E-state index in [-0.39, 0.29) is 12.2 Å². The summed E-state index contributed by atoms with van der Waals surface area (Å²) in [5, 5.41) is 22.9. The van der Waals surface area contributed by atoms with E-state index in [9.17, 15) is 10.2 Å². The molecule has 2 aliphatic rings. The Bertz CT molecular complexity index is 234. The molecule has 0 bridgehead atoms. The quantitative estimate of drug-likeness (QED) is 0.595. The van der Waals surface area contributed by atoms with E-state index >= 15 is 0 Å². The molecule has 0 aromatic carbocycles. The number of nitrogens with one attached hydrogen (secondary N) is 1. The zero-order valence-electron chi connectivity index (χ0n) is 11.1. The number of morpholine rings is 1. The molecule has 1 aliphatic carbocycles. The Balaban J connectivity index is 1.55. The van der Waals surface area contributed by atoms with Crippen LogP contribution in [-0.4, -0.2) is 73.3 Å². The average Bonchev–Trinajstić information content (AvgIpc) is 2.76. The van der Waals surface area contributed by atoms with Crippen LogP contribution in [0.4, 0.5) is 0 Å². The van der Waals surface area contributed by atoms with Gasteiger partial charge in [-0.2, -0.15) is 0 Å². The number of ether oxygens (including phenoxy) is 1. The van der Waals surface area contributed by atoms with Crippen molar-refractivity contribution in [3.05, 3.63) is 0 Å². The van der Waals surface area contributed by atoms with E-state index in [1.54, 1.807) is 0 Å². The zero-order chi connectivity index (χ0) is 12.8. The van der Waals surface area contributed by atoms with Crippen molar-refractivity contribution in [3.63, 3.8) is 0 Å². The third-order valence-corrected chi connectivity index (χ3v) is 3.98. The molecule has 5 heteroatoms. The Labute approximate surface area is 109 Å². The molecule has 3 unspecified atom stereocenters. The van der Waals surface area contributed by atoms with Crippen LogP contribution in [0.15, 0.2) is 0 Å². The van der Waals surface area contributed by atoms with Gasteiger partial charge in [-0.05, 0) is 18.8 Å². The van der Waals surface area contributed by atoms with Crippen molar-refractivity contribution < 1.29 is 14.9 Å². The van der Waals surface area contributed by atoms with Gasteiger partial charge >= 0.3 is 0 Å². The van der Waals surface area contributed by atoms with Crippen molar-refractivity contribution in [1.82, 2.24) is 10.2 Å². The Hall–Kier alpha value is -0.200. The number of β-amino-alcohol motifs (C(OH)–C–C–N with tert-alkyl or cyclic N) is 1. The van der Waals surface area contributed by atoms with E-state index in [2.05, 4.69) is 10.2 Å². The van der Waals surface area contributed by atoms with E-state index in [4.69, 9.17) is 4.74 Å². The summed E-state index contributed by atoms with van der Waals surface area (Å²) in [6, 6.07) is 0. The summed E-state index contributed by atoms with van der Waals surface area (Å²) in [5.41, 5.74) is 0. The lowest BCUT2D eigenvalue weighted by Gasteiger charge is -2.28. The fourth-order valence-electron chi connectivity index (χ4n) is 2.84. The summed E-state index contributed by atoms with van der Waals surface area (Å²) >= 11 is 0. The number of aliphatic hydroxyl groups is 2. The first-order valence-electron chi connectivity index (χ1n) is 7.12. The topological polar surface area (TPSA) is 65.0 Å². The number of hydrogen-bond donors (Lipinski definition) is 3. The number of rotatable bonds is 6. The van der Waals surface area contributed by atoms with Gasteiger partial charge in [-0.15, -0.1) is 0 Å². The minimum atomic E-state index is -0.332. The molecule has 0 spiro atoms. The predicted molar refractivity (Wildman–Crippen MR) is 69.5 cm³/mol. The Morgan fingerprint density at radius 3 is 2.72 bits per heavy atom. The molecule has 1 saturated carbocycles. The van der Waals surface area contributed by atoms with Crippen LogP contribution in [0.25, 0.3) is 0 Å². The fourth-order valence-corrected chi connectivity index (χ4v) is 2.84. The largest absolute Gasteiger partial charge is 0.393 e. The lowest BCUT2D eigenvalue weighted by molar-refractivity contribution is 0.0145. The van der Waals surface area contributed by atoms with Crippen molar-refractivity contribution >= 4 is 0 Å². The number of nitrogens with zero attached hydrogens (tertiary/aromatic N) is 1. The summed E-state index contributed by atoms with van der Waals surface area (Å²) in [6.07, 6.45) is 2.69. The van der Waals surface area contributed by atoms with Gasteiger partial charge in [-0.3, -0.25) is 4.90 Å². The lowest BCUT2D eigenvalue weighted by Crippen LogP contribution is -2.44. The van der Waals surface area contributed by atoms with Crippen molar-refractivity contribution in [2.24, 2.45) is 5.92 Å². The molecule has 0 aromatic rings. The van der Waals surface area contributed by atoms with E-state index in [1.165, 1.54) is 0 Å². The fraction of sp³-hybridized carbons (Fsp3) is 1.00. The molecule has 2 fully saturated rings. The van der Waals surface area contributed by atoms with Crippen LogP contribution in [0.3, 0.4) is 0 Å². The molecule has 1 heterocycles. The number of aliphatic hydroxyl groups excluding tert-OH is 2. The minimum Gasteiger partial charge on any atom is -0.393 e. The van der Waals surface area contributed by atoms with Crippen LogP contribution < -0.4 is 5.32 Å². The van der Waals surface area contributed by atoms with E-state index in [1.807, 2.05) is 0 Å². The van der Waals surface area contributed by atoms with Crippen molar-refractivity contribution in [2.75, 3.05) is 45.9 Å². The Morgan fingerprint density at radius 1 is 1.28 bits per heavy atom. The molecule has 5 nitrogen and oxygen atoms in total. The van der Waals surface area contributed by atoms with Gasteiger partial charge in [0.2, 0.25) is 0 Å². The van der Waals surface area contributed by atoms with Gasteiger partial charge in [0.25, 0.3) is 0 Å². The normalized spacial score (nSPS) is 31.7. The van der Waals surface area contributed by atoms with Crippen LogP contribution in [0.1, 0.15) is 19.3 Å². The molecule has 1 saturated heterocycles. The summed E-state index contributed by atoms with van der Waals surface area (Å²) in [5.74, 6) is 0.376. The van der Waals surface area contributed by atoms with Crippen LogP contribution in [0.5, 0.6) is 0 Å². The van der Waals surface area contributed by atoms with E-state index in [0.29, 0.717) is 19.0 Å². The van der Waals surface area contributed by atoms with Crippen LogP contribution >= 0.6 is 0 Å². The van der Waals surface area contributed by atoms with Gasteiger partial charge in [-0.1, -0.05) is 6.42 Å². The molecule has 18 heavy (non-hydrogen) atoms. The molecule has 106 valence electrons. The first kappa shape index (κ1) is 14.2. The standard InChI is InChI=1S/C13H26N2O3/c16-12(10-15-4-6-18-7-5-15)9-14-8-11-2-1-3-13(11)17/h11-14,16-17H,1-10H2. The highest BCUT2D eigenvalue weighted by molar-refractivity contribution is 4.79. The molecule has 0 radical (unpaired) electrons. The van der Waals surface area contributed by atoms with Crippen molar-refractivity contribution in [3.8, 4) is 0 Å². The molecular formula is C13H26N2O3. The van der Waals surface area contributed by atoms with E-state index in [0.717, 1.165) is 52.1 Å². The van der Waals surface area contributed by atoms with Gasteiger partial charge in [0.15, 0.2) is 0 Å². The van der Waals surface area contributed by atoms with E-state index < -0.39 is 0 Å². The smallest absolute Gasteiger partial charge is 0.0791 e. The monoisotopic (exact) mass is 258 g/mol. The molecule has 3 N–H and O–H groups in total. The first-order chi connectivity index (χ1) is 8.75. The van der Waals surface area contributed by atoms with Gasteiger partial charge in [-0.25, -0.2) is 0 Å². The second kappa shape index (κ2) is 7.40. The molecular weight excluding hydrogens is 232 g/mol.